The van der Waals surface area contributed by atoms with Crippen LogP contribution in [-0.2, 0) is 6.18 Å². The summed E-state index contributed by atoms with van der Waals surface area (Å²) in [5, 5.41) is 8.30. The van der Waals surface area contributed by atoms with Crippen molar-refractivity contribution in [2.45, 2.75) is 19.0 Å². The van der Waals surface area contributed by atoms with Crippen LogP contribution in [0, 0.1) is 31.1 Å². The molecule has 1 aromatic carbocycles. The van der Waals surface area contributed by atoms with E-state index in [1.54, 1.807) is 6.07 Å². The maximum Gasteiger partial charge on any atom is 2.00 e. The summed E-state index contributed by atoms with van der Waals surface area (Å²) >= 11 is 0. The SMILES string of the molecule is NCCCC[N-]CC[N-]c1cccc(C(F)(F)F)c1.[U+2]. The van der Waals surface area contributed by atoms with Crippen molar-refractivity contribution in [1.29, 1.82) is 0 Å². The average molecular weight is 511 g/mol. The maximum absolute atomic E-state index is 12.5. The molecule has 20 heavy (non-hydrogen) atoms. The van der Waals surface area contributed by atoms with Crippen molar-refractivity contribution in [2.75, 3.05) is 26.2 Å². The molecule has 0 heterocycles. The molecule has 0 saturated heterocycles. The molecule has 1 aromatic rings. The van der Waals surface area contributed by atoms with Crippen molar-refractivity contribution in [3.05, 3.63) is 40.5 Å². The van der Waals surface area contributed by atoms with Crippen LogP contribution in [0.4, 0.5) is 18.9 Å². The van der Waals surface area contributed by atoms with E-state index >= 15 is 0 Å². The van der Waals surface area contributed by atoms with Gasteiger partial charge in [0.25, 0.3) is 0 Å². The van der Waals surface area contributed by atoms with Gasteiger partial charge >= 0.3 is 37.3 Å². The van der Waals surface area contributed by atoms with Gasteiger partial charge in [0.05, 0.1) is 5.56 Å². The molecule has 1 rings (SSSR count). The molecule has 0 aliphatic heterocycles. The van der Waals surface area contributed by atoms with Gasteiger partial charge in [0.2, 0.25) is 0 Å². The van der Waals surface area contributed by atoms with Crippen molar-refractivity contribution in [2.24, 2.45) is 5.73 Å². The molecule has 0 saturated carbocycles. The fourth-order valence-electron chi connectivity index (χ4n) is 1.51. The second kappa shape index (κ2) is 10.5. The predicted octanol–water partition coefficient (Wildman–Crippen LogP) is 3.82. The summed E-state index contributed by atoms with van der Waals surface area (Å²) < 4.78 is 37.4. The van der Waals surface area contributed by atoms with Crippen LogP contribution in [0.25, 0.3) is 10.6 Å². The molecule has 110 valence electrons. The Kier molecular flexibility index (Phi) is 10.4. The molecule has 7 heteroatoms. The van der Waals surface area contributed by atoms with Crippen LogP contribution in [0.15, 0.2) is 24.3 Å². The predicted molar refractivity (Wildman–Crippen MR) is 70.7 cm³/mol. The van der Waals surface area contributed by atoms with Crippen LogP contribution in [-0.4, -0.2) is 26.2 Å². The number of hydrogen-bond donors (Lipinski definition) is 1. The van der Waals surface area contributed by atoms with E-state index in [0.717, 1.165) is 31.5 Å². The standard InChI is InChI=1S/C13H18F3N3.U/c14-13(15,16)11-4-3-5-12(10-11)19-9-8-18-7-2-1-6-17;/h3-5,10H,1-2,6-9,17H2;/q-2;+2. The topological polar surface area (TPSA) is 54.2 Å². The molecule has 3 nitrogen and oxygen atoms in total. The maximum atomic E-state index is 12.5. The number of benzene rings is 1. The third-order valence-electron chi connectivity index (χ3n) is 2.50. The summed E-state index contributed by atoms with van der Waals surface area (Å²) in [5.41, 5.74) is 5.01. The summed E-state index contributed by atoms with van der Waals surface area (Å²) in [4.78, 5) is 0. The van der Waals surface area contributed by atoms with Gasteiger partial charge in [-0.3, -0.25) is 0 Å². The van der Waals surface area contributed by atoms with Crippen molar-refractivity contribution in [3.8, 4) is 0 Å². The molecule has 0 aliphatic rings. The summed E-state index contributed by atoms with van der Waals surface area (Å²) in [6.07, 6.45) is -2.44. The van der Waals surface area contributed by atoms with E-state index in [2.05, 4.69) is 10.6 Å². The zero-order chi connectivity index (χ0) is 14.1. The summed E-state index contributed by atoms with van der Waals surface area (Å²) in [6.45, 7) is 2.32. The second-order valence-corrected chi connectivity index (χ2v) is 4.10. The van der Waals surface area contributed by atoms with Gasteiger partial charge in [-0.1, -0.05) is 30.7 Å². The molecule has 0 aromatic heterocycles. The van der Waals surface area contributed by atoms with E-state index in [4.69, 9.17) is 5.73 Å². The molecule has 0 spiro atoms. The Hall–Kier alpha value is -0.218. The van der Waals surface area contributed by atoms with Gasteiger partial charge in [0.15, 0.2) is 0 Å². The molecule has 0 unspecified atom stereocenters. The van der Waals surface area contributed by atoms with E-state index < -0.39 is 11.7 Å². The van der Waals surface area contributed by atoms with E-state index in [9.17, 15) is 13.2 Å². The van der Waals surface area contributed by atoms with Crippen LogP contribution >= 0.6 is 0 Å². The minimum atomic E-state index is -4.32. The quantitative estimate of drug-likeness (QED) is 0.531. The molecular weight excluding hydrogens is 493 g/mol. The average Bonchev–Trinajstić information content (AvgIpc) is 2.37. The first kappa shape index (κ1) is 19.8. The molecule has 0 atom stereocenters. The van der Waals surface area contributed by atoms with Gasteiger partial charge in [-0.05, 0) is 13.0 Å². The van der Waals surface area contributed by atoms with Gasteiger partial charge in [-0.2, -0.15) is 26.3 Å². The third-order valence-corrected chi connectivity index (χ3v) is 2.50. The normalized spacial score (nSPS) is 11.0. The smallest absolute Gasteiger partial charge is 0.686 e. The minimum Gasteiger partial charge on any atom is -0.686 e. The fraction of sp³-hybridized carbons (Fsp3) is 0.538. The molecule has 0 fully saturated rings. The number of unbranched alkanes of at least 4 members (excludes halogenated alkanes) is 1. The number of hydrogen-bond acceptors (Lipinski definition) is 1. The zero-order valence-corrected chi connectivity index (χ0v) is 15.3. The Morgan fingerprint density at radius 2 is 1.80 bits per heavy atom. The van der Waals surface area contributed by atoms with E-state index in [-0.39, 0.29) is 31.1 Å². The molecule has 0 aliphatic carbocycles. The van der Waals surface area contributed by atoms with Crippen LogP contribution in [0.5, 0.6) is 0 Å². The zero-order valence-electron chi connectivity index (χ0n) is 11.2. The van der Waals surface area contributed by atoms with Gasteiger partial charge in [0, 0.05) is 0 Å². The van der Waals surface area contributed by atoms with Gasteiger partial charge in [-0.15, -0.1) is 12.2 Å². The van der Waals surface area contributed by atoms with Crippen LogP contribution in [0.3, 0.4) is 0 Å². The summed E-state index contributed by atoms with van der Waals surface area (Å²) in [6, 6.07) is 5.01. The first-order valence-corrected chi connectivity index (χ1v) is 6.22. The van der Waals surface area contributed by atoms with Crippen molar-refractivity contribution < 1.29 is 44.3 Å². The van der Waals surface area contributed by atoms with Crippen molar-refractivity contribution in [3.63, 3.8) is 0 Å². The Morgan fingerprint density at radius 1 is 1.05 bits per heavy atom. The van der Waals surface area contributed by atoms with Gasteiger partial charge in [-0.25, -0.2) is 0 Å². The van der Waals surface area contributed by atoms with Crippen LogP contribution in [0.2, 0.25) is 0 Å². The number of rotatable bonds is 8. The van der Waals surface area contributed by atoms with Gasteiger partial charge in [0.1, 0.15) is 0 Å². The number of halogens is 3. The second-order valence-electron chi connectivity index (χ2n) is 4.10. The first-order valence-electron chi connectivity index (χ1n) is 6.22. The van der Waals surface area contributed by atoms with Crippen molar-refractivity contribution in [1.82, 2.24) is 0 Å². The monoisotopic (exact) mass is 511 g/mol. The summed E-state index contributed by atoms with van der Waals surface area (Å²) in [5.74, 6) is 0. The molecule has 0 bridgehead atoms. The van der Waals surface area contributed by atoms with Crippen LogP contribution in [0.1, 0.15) is 18.4 Å². The van der Waals surface area contributed by atoms with E-state index in [1.807, 2.05) is 0 Å². The van der Waals surface area contributed by atoms with E-state index in [1.165, 1.54) is 6.07 Å². The minimum absolute atomic E-state index is 0. The number of alkyl halides is 3. The summed E-state index contributed by atoms with van der Waals surface area (Å²) in [7, 11) is 0. The van der Waals surface area contributed by atoms with Crippen molar-refractivity contribution >= 4 is 5.69 Å². The van der Waals surface area contributed by atoms with E-state index in [0.29, 0.717) is 25.3 Å². The Balaban J connectivity index is 0.00000361. The Bertz CT molecular complexity index is 372. The largest absolute Gasteiger partial charge is 2.00 e. The molecule has 0 amide bonds. The van der Waals surface area contributed by atoms with Crippen LogP contribution < -0.4 is 5.73 Å². The molecule has 0 radical (unpaired) electrons. The number of nitrogens with zero attached hydrogens (tertiary/aromatic N) is 2. The Labute approximate surface area is 141 Å². The Morgan fingerprint density at radius 3 is 2.45 bits per heavy atom. The fourth-order valence-corrected chi connectivity index (χ4v) is 1.51. The molecular formula is C13H18F3N3U. The third kappa shape index (κ3) is 8.15. The number of nitrogens with two attached hydrogens (primary N) is 1. The van der Waals surface area contributed by atoms with Gasteiger partial charge < -0.3 is 16.4 Å². The molecule has 2 N–H and O–H groups in total. The first-order chi connectivity index (χ1) is 9.04.